The van der Waals surface area contributed by atoms with Crippen molar-refractivity contribution in [3.05, 3.63) is 0 Å². The van der Waals surface area contributed by atoms with Crippen molar-refractivity contribution in [3.63, 3.8) is 0 Å². The minimum atomic E-state index is -4.77. The summed E-state index contributed by atoms with van der Waals surface area (Å²) in [6.45, 7) is 0.675. The molecule has 17 heavy (non-hydrogen) atoms. The topological polar surface area (TPSA) is 41.8 Å². The van der Waals surface area contributed by atoms with Gasteiger partial charge in [-0.3, -0.25) is 0 Å². The molecule has 0 aromatic heterocycles. The smallest absolute Gasteiger partial charge is 0.379 e. The molecule has 1 N–H and O–H groups in total. The van der Waals surface area contributed by atoms with E-state index in [1.165, 1.54) is 0 Å². The highest BCUT2D eigenvalue weighted by Crippen LogP contribution is 2.43. The maximum atomic E-state index is 12.8. The first-order valence-corrected chi connectivity index (χ1v) is 5.94. The summed E-state index contributed by atoms with van der Waals surface area (Å²) in [6, 6.07) is -0.444. The zero-order valence-corrected chi connectivity index (χ0v) is 9.69. The van der Waals surface area contributed by atoms with Gasteiger partial charge in [-0.25, -0.2) is 4.99 Å². The Hall–Kier alpha value is -0.340. The third-order valence-corrected chi connectivity index (χ3v) is 3.98. The second-order valence-corrected chi connectivity index (χ2v) is 5.32. The average molecular weight is 273 g/mol. The van der Waals surface area contributed by atoms with Crippen LogP contribution in [-0.4, -0.2) is 39.8 Å². The first-order chi connectivity index (χ1) is 7.72. The molecule has 98 valence electrons. The summed E-state index contributed by atoms with van der Waals surface area (Å²) in [7, 11) is 0. The van der Waals surface area contributed by atoms with Crippen molar-refractivity contribution in [2.24, 2.45) is 4.99 Å². The molecular formula is C9H11F4NO2S. The molecule has 3 nitrogen and oxygen atoms in total. The van der Waals surface area contributed by atoms with Crippen LogP contribution in [0.1, 0.15) is 19.8 Å². The van der Waals surface area contributed by atoms with Crippen molar-refractivity contribution in [2.75, 3.05) is 0 Å². The van der Waals surface area contributed by atoms with E-state index in [-0.39, 0.29) is 12.8 Å². The molecule has 2 heterocycles. The van der Waals surface area contributed by atoms with Gasteiger partial charge in [0.25, 0.3) is 0 Å². The molecule has 8 heteroatoms. The number of fused-ring (bicyclic) bond motifs is 1. The van der Waals surface area contributed by atoms with Crippen LogP contribution in [0.25, 0.3) is 0 Å². The number of ether oxygens (including phenoxy) is 1. The van der Waals surface area contributed by atoms with Gasteiger partial charge in [0, 0.05) is 0 Å². The normalized spacial score (nSPS) is 37.3. The van der Waals surface area contributed by atoms with Crippen LogP contribution in [-0.2, 0) is 4.74 Å². The Morgan fingerprint density at radius 3 is 2.65 bits per heavy atom. The van der Waals surface area contributed by atoms with Crippen LogP contribution >= 0.6 is 11.8 Å². The van der Waals surface area contributed by atoms with Crippen LogP contribution in [0.15, 0.2) is 4.99 Å². The zero-order chi connectivity index (χ0) is 12.8. The van der Waals surface area contributed by atoms with Crippen LogP contribution in [0.5, 0.6) is 0 Å². The first kappa shape index (κ1) is 13.1. The van der Waals surface area contributed by atoms with Crippen LogP contribution in [0, 0.1) is 0 Å². The van der Waals surface area contributed by atoms with Crippen molar-refractivity contribution in [1.29, 1.82) is 0 Å². The van der Waals surface area contributed by atoms with Gasteiger partial charge >= 0.3 is 6.18 Å². The van der Waals surface area contributed by atoms with Crippen LogP contribution in [0.2, 0.25) is 0 Å². The molecule has 3 unspecified atom stereocenters. The SMILES string of the molecule is C[C@](O)(C1CCC2N=C(F)SC2O1)C(F)(F)F. The average Bonchev–Trinajstić information content (AvgIpc) is 2.54. The Balaban J connectivity index is 2.07. The molecule has 0 amide bonds. The predicted octanol–water partition coefficient (Wildman–Crippen LogP) is 2.25. The minimum absolute atomic E-state index is 0.00498. The number of rotatable bonds is 1. The lowest BCUT2D eigenvalue weighted by Gasteiger charge is -2.39. The Labute approximate surface area is 99.2 Å². The molecule has 0 aliphatic carbocycles. The van der Waals surface area contributed by atoms with Gasteiger partial charge in [0.05, 0.1) is 12.1 Å². The summed E-state index contributed by atoms with van der Waals surface area (Å²) in [6.07, 6.45) is -5.86. The Kier molecular flexibility index (Phi) is 3.16. The van der Waals surface area contributed by atoms with Crippen molar-refractivity contribution in [2.45, 2.75) is 49.1 Å². The summed E-state index contributed by atoms with van der Waals surface area (Å²) in [5.41, 5.74) is -3.68. The van der Waals surface area contributed by atoms with Gasteiger partial charge in [-0.2, -0.15) is 17.6 Å². The zero-order valence-electron chi connectivity index (χ0n) is 8.87. The van der Waals surface area contributed by atoms with E-state index < -0.39 is 34.7 Å². The molecule has 2 aliphatic heterocycles. The molecule has 4 atom stereocenters. The summed E-state index contributed by atoms with van der Waals surface area (Å²) < 4.78 is 55.7. The molecule has 0 saturated carbocycles. The fourth-order valence-corrected chi connectivity index (χ4v) is 2.79. The third kappa shape index (κ3) is 2.30. The van der Waals surface area contributed by atoms with Gasteiger partial charge in [-0.15, -0.1) is 0 Å². The Morgan fingerprint density at radius 2 is 2.06 bits per heavy atom. The van der Waals surface area contributed by atoms with Gasteiger partial charge in [0.2, 0.25) is 5.30 Å². The van der Waals surface area contributed by atoms with E-state index in [1.807, 2.05) is 0 Å². The lowest BCUT2D eigenvalue weighted by atomic mass is 9.91. The maximum absolute atomic E-state index is 12.8. The molecule has 0 aromatic carbocycles. The van der Waals surface area contributed by atoms with Crippen molar-refractivity contribution < 1.29 is 27.4 Å². The van der Waals surface area contributed by atoms with Gasteiger partial charge in [0.1, 0.15) is 5.44 Å². The largest absolute Gasteiger partial charge is 0.419 e. The molecule has 0 spiro atoms. The molecule has 0 bridgehead atoms. The summed E-state index contributed by atoms with van der Waals surface area (Å²) in [5, 5.41) is 8.80. The fraction of sp³-hybridized carbons (Fsp3) is 0.889. The Bertz CT molecular complexity index is 344. The van der Waals surface area contributed by atoms with E-state index in [1.54, 1.807) is 0 Å². The molecule has 0 radical (unpaired) electrons. The number of thioether (sulfide) groups is 1. The van der Waals surface area contributed by atoms with Crippen molar-refractivity contribution >= 4 is 17.1 Å². The first-order valence-electron chi connectivity index (χ1n) is 5.06. The van der Waals surface area contributed by atoms with Crippen molar-refractivity contribution in [3.8, 4) is 0 Å². The highest BCUT2D eigenvalue weighted by Gasteiger charge is 2.57. The number of alkyl halides is 3. The lowest BCUT2D eigenvalue weighted by Crippen LogP contribution is -2.56. The summed E-state index contributed by atoms with van der Waals surface area (Å²) >= 11 is 0.663. The van der Waals surface area contributed by atoms with E-state index in [0.717, 1.165) is 0 Å². The minimum Gasteiger partial charge on any atom is -0.379 e. The quantitative estimate of drug-likeness (QED) is 0.745. The van der Waals surface area contributed by atoms with Gasteiger partial charge < -0.3 is 9.84 Å². The van der Waals surface area contributed by atoms with Crippen molar-refractivity contribution in [1.82, 2.24) is 0 Å². The molecular weight excluding hydrogens is 262 g/mol. The monoisotopic (exact) mass is 273 g/mol. The molecule has 2 aliphatic rings. The Morgan fingerprint density at radius 1 is 1.41 bits per heavy atom. The second-order valence-electron chi connectivity index (χ2n) is 4.28. The van der Waals surface area contributed by atoms with E-state index in [2.05, 4.69) is 4.99 Å². The van der Waals surface area contributed by atoms with Crippen LogP contribution in [0.3, 0.4) is 0 Å². The van der Waals surface area contributed by atoms with E-state index in [4.69, 9.17) is 4.74 Å². The summed E-state index contributed by atoms with van der Waals surface area (Å²) in [4.78, 5) is 3.61. The number of halogens is 4. The van der Waals surface area contributed by atoms with Crippen LogP contribution in [0.4, 0.5) is 17.6 Å². The molecule has 1 saturated heterocycles. The number of aliphatic hydroxyl groups is 1. The van der Waals surface area contributed by atoms with Crippen LogP contribution < -0.4 is 0 Å². The number of aliphatic imine (C=N–C) groups is 1. The third-order valence-electron chi connectivity index (χ3n) is 3.02. The van der Waals surface area contributed by atoms with Gasteiger partial charge in [0.15, 0.2) is 5.60 Å². The van der Waals surface area contributed by atoms with Gasteiger partial charge in [-0.1, -0.05) is 0 Å². The fourth-order valence-electron chi connectivity index (χ4n) is 1.86. The van der Waals surface area contributed by atoms with E-state index >= 15 is 0 Å². The lowest BCUT2D eigenvalue weighted by molar-refractivity contribution is -0.295. The second kappa shape index (κ2) is 4.10. The van der Waals surface area contributed by atoms with Gasteiger partial charge in [-0.05, 0) is 31.5 Å². The highest BCUT2D eigenvalue weighted by molar-refractivity contribution is 8.14. The molecule has 2 rings (SSSR count). The number of hydrogen-bond donors (Lipinski definition) is 1. The number of nitrogens with zero attached hydrogens (tertiary/aromatic N) is 1. The highest BCUT2D eigenvalue weighted by atomic mass is 32.2. The summed E-state index contributed by atoms with van der Waals surface area (Å²) in [5.74, 6) is 0. The van der Waals surface area contributed by atoms with E-state index in [9.17, 15) is 22.7 Å². The standard InChI is InChI=1S/C9H11F4NO2S/c1-8(15,9(11,12)13)5-3-2-4-6(16-5)17-7(10)14-4/h4-6,15H,2-3H2,1H3/t4?,5?,6?,8-/m0/s1. The molecule has 0 aromatic rings. The molecule has 1 fully saturated rings. The van der Waals surface area contributed by atoms with E-state index in [0.29, 0.717) is 18.7 Å². The predicted molar refractivity (Wildman–Crippen MR) is 54.5 cm³/mol. The number of hydrogen-bond acceptors (Lipinski definition) is 4. The maximum Gasteiger partial charge on any atom is 0.419 e.